The van der Waals surface area contributed by atoms with Crippen LogP contribution >= 0.6 is 0 Å². The molecule has 0 aliphatic heterocycles. The van der Waals surface area contributed by atoms with Gasteiger partial charge < -0.3 is 14.8 Å². The summed E-state index contributed by atoms with van der Waals surface area (Å²) >= 11 is 0. The highest BCUT2D eigenvalue weighted by Gasteiger charge is 2.26. The van der Waals surface area contributed by atoms with Gasteiger partial charge in [-0.15, -0.1) is 0 Å². The zero-order valence-electron chi connectivity index (χ0n) is 13.5. The van der Waals surface area contributed by atoms with Gasteiger partial charge in [-0.05, 0) is 36.5 Å². The second-order valence-corrected chi connectivity index (χ2v) is 6.22. The number of aromatic nitrogens is 3. The number of aromatic amines is 1. The zero-order chi connectivity index (χ0) is 16.7. The molecule has 1 saturated carbocycles. The van der Waals surface area contributed by atoms with Crippen LogP contribution in [-0.2, 0) is 0 Å². The van der Waals surface area contributed by atoms with Crippen molar-refractivity contribution >= 4 is 5.65 Å². The van der Waals surface area contributed by atoms with Crippen LogP contribution in [0.3, 0.4) is 0 Å². The van der Waals surface area contributed by atoms with E-state index in [-0.39, 0.29) is 17.4 Å². The van der Waals surface area contributed by atoms with Gasteiger partial charge >= 0.3 is 0 Å². The number of H-pyrrole nitrogens is 1. The summed E-state index contributed by atoms with van der Waals surface area (Å²) in [6, 6.07) is 7.50. The van der Waals surface area contributed by atoms with Crippen LogP contribution in [0.2, 0.25) is 0 Å². The van der Waals surface area contributed by atoms with Gasteiger partial charge in [0.1, 0.15) is 11.4 Å². The largest absolute Gasteiger partial charge is 0.497 e. The lowest BCUT2D eigenvalue weighted by Crippen LogP contribution is -2.18. The first-order chi connectivity index (χ1) is 11.7. The molecule has 4 rings (SSSR count). The summed E-state index contributed by atoms with van der Waals surface area (Å²) in [5, 5.41) is 14.9. The Kier molecular flexibility index (Phi) is 3.52. The Morgan fingerprint density at radius 1 is 1.25 bits per heavy atom. The first kappa shape index (κ1) is 14.8. The summed E-state index contributed by atoms with van der Waals surface area (Å²) in [4.78, 5) is 15.5. The standard InChI is InChI=1S/C18H19N3O3/c1-24-13-8-6-11(7-9-13)14-10-19-21-16(14)20-17(22)15(18(21)23)12-4-2-3-5-12/h6-10,12,23H,2-5H2,1H3,(H,20,22). The summed E-state index contributed by atoms with van der Waals surface area (Å²) in [5.41, 5.74) is 2.41. The Balaban J connectivity index is 1.86. The van der Waals surface area contributed by atoms with Crippen LogP contribution in [0.1, 0.15) is 37.2 Å². The molecule has 6 heteroatoms. The maximum absolute atomic E-state index is 12.5. The fourth-order valence-corrected chi connectivity index (χ4v) is 3.58. The molecular weight excluding hydrogens is 306 g/mol. The summed E-state index contributed by atoms with van der Waals surface area (Å²) in [6.07, 6.45) is 5.73. The molecule has 1 fully saturated rings. The Bertz CT molecular complexity index is 935. The topological polar surface area (TPSA) is 79.6 Å². The molecule has 0 bridgehead atoms. The minimum absolute atomic E-state index is 0.0413. The zero-order valence-corrected chi connectivity index (χ0v) is 13.5. The van der Waals surface area contributed by atoms with E-state index in [1.165, 1.54) is 4.52 Å². The van der Waals surface area contributed by atoms with Gasteiger partial charge in [-0.2, -0.15) is 9.61 Å². The molecule has 1 aliphatic rings. The highest BCUT2D eigenvalue weighted by atomic mass is 16.5. The molecule has 1 aromatic carbocycles. The smallest absolute Gasteiger partial charge is 0.258 e. The highest BCUT2D eigenvalue weighted by Crippen LogP contribution is 2.37. The first-order valence-electron chi connectivity index (χ1n) is 8.16. The van der Waals surface area contributed by atoms with E-state index in [0.717, 1.165) is 42.6 Å². The van der Waals surface area contributed by atoms with Gasteiger partial charge in [-0.25, -0.2) is 0 Å². The number of rotatable bonds is 3. The van der Waals surface area contributed by atoms with E-state index in [0.29, 0.717) is 11.2 Å². The van der Waals surface area contributed by atoms with Gasteiger partial charge in [0.05, 0.1) is 18.9 Å². The van der Waals surface area contributed by atoms with Crippen molar-refractivity contribution in [2.24, 2.45) is 0 Å². The van der Waals surface area contributed by atoms with Crippen molar-refractivity contribution in [3.05, 3.63) is 46.4 Å². The van der Waals surface area contributed by atoms with Gasteiger partial charge in [0.2, 0.25) is 5.88 Å². The molecule has 3 aromatic rings. The van der Waals surface area contributed by atoms with Crippen LogP contribution in [0.5, 0.6) is 11.6 Å². The molecule has 0 unspecified atom stereocenters. The molecule has 2 heterocycles. The minimum Gasteiger partial charge on any atom is -0.497 e. The maximum Gasteiger partial charge on any atom is 0.258 e. The predicted molar refractivity (Wildman–Crippen MR) is 90.7 cm³/mol. The lowest BCUT2D eigenvalue weighted by atomic mass is 10.00. The van der Waals surface area contributed by atoms with Gasteiger partial charge in [-0.3, -0.25) is 4.79 Å². The minimum atomic E-state index is -0.220. The monoisotopic (exact) mass is 325 g/mol. The molecule has 124 valence electrons. The average molecular weight is 325 g/mol. The Hall–Kier alpha value is -2.76. The molecule has 1 aliphatic carbocycles. The molecule has 0 atom stereocenters. The van der Waals surface area contributed by atoms with Crippen LogP contribution < -0.4 is 10.3 Å². The Morgan fingerprint density at radius 3 is 2.62 bits per heavy atom. The summed E-state index contributed by atoms with van der Waals surface area (Å²) in [5.74, 6) is 0.835. The van der Waals surface area contributed by atoms with E-state index in [1.807, 2.05) is 24.3 Å². The molecule has 0 radical (unpaired) electrons. The number of benzene rings is 1. The van der Waals surface area contributed by atoms with E-state index in [9.17, 15) is 9.90 Å². The van der Waals surface area contributed by atoms with Crippen LogP contribution in [0, 0.1) is 0 Å². The third kappa shape index (κ3) is 2.26. The van der Waals surface area contributed by atoms with E-state index in [2.05, 4.69) is 10.1 Å². The molecule has 6 nitrogen and oxygen atoms in total. The number of fused-ring (bicyclic) bond motifs is 1. The molecule has 0 amide bonds. The predicted octanol–water partition coefficient (Wildman–Crippen LogP) is 3.06. The van der Waals surface area contributed by atoms with Crippen molar-refractivity contribution in [1.82, 2.24) is 14.6 Å². The van der Waals surface area contributed by atoms with E-state index >= 15 is 0 Å². The van der Waals surface area contributed by atoms with Gasteiger partial charge in [0, 0.05) is 5.56 Å². The van der Waals surface area contributed by atoms with Crippen molar-refractivity contribution in [3.63, 3.8) is 0 Å². The van der Waals surface area contributed by atoms with Crippen LogP contribution in [0.4, 0.5) is 0 Å². The van der Waals surface area contributed by atoms with Crippen LogP contribution in [0.25, 0.3) is 16.8 Å². The Labute approximate surface area is 138 Å². The lowest BCUT2D eigenvalue weighted by Gasteiger charge is -2.11. The fourth-order valence-electron chi connectivity index (χ4n) is 3.58. The van der Waals surface area contributed by atoms with E-state index in [1.54, 1.807) is 13.3 Å². The molecule has 0 saturated heterocycles. The van der Waals surface area contributed by atoms with Crippen molar-refractivity contribution in [2.45, 2.75) is 31.6 Å². The SMILES string of the molecule is COc1ccc(-c2cnn3c(O)c(C4CCCC4)c(=O)[nH]c23)cc1. The molecule has 2 aromatic heterocycles. The lowest BCUT2D eigenvalue weighted by molar-refractivity contribution is 0.415. The van der Waals surface area contributed by atoms with E-state index in [4.69, 9.17) is 4.74 Å². The van der Waals surface area contributed by atoms with Crippen molar-refractivity contribution in [3.8, 4) is 22.8 Å². The van der Waals surface area contributed by atoms with Crippen molar-refractivity contribution in [1.29, 1.82) is 0 Å². The Morgan fingerprint density at radius 2 is 1.96 bits per heavy atom. The molecule has 2 N–H and O–H groups in total. The third-order valence-corrected chi connectivity index (χ3v) is 4.85. The number of nitrogens with zero attached hydrogens (tertiary/aromatic N) is 2. The van der Waals surface area contributed by atoms with Gasteiger partial charge in [-0.1, -0.05) is 25.0 Å². The normalized spacial score (nSPS) is 15.2. The summed E-state index contributed by atoms with van der Waals surface area (Å²) < 4.78 is 6.59. The second kappa shape index (κ2) is 5.70. The fraction of sp³-hybridized carbons (Fsp3) is 0.333. The molecule has 24 heavy (non-hydrogen) atoms. The maximum atomic E-state index is 12.5. The van der Waals surface area contributed by atoms with Gasteiger partial charge in [0.25, 0.3) is 5.56 Å². The summed E-state index contributed by atoms with van der Waals surface area (Å²) in [6.45, 7) is 0. The molecular formula is C18H19N3O3. The quantitative estimate of drug-likeness (QED) is 0.775. The summed E-state index contributed by atoms with van der Waals surface area (Å²) in [7, 11) is 1.62. The number of nitrogens with one attached hydrogen (secondary N) is 1. The number of aromatic hydroxyl groups is 1. The third-order valence-electron chi connectivity index (χ3n) is 4.85. The van der Waals surface area contributed by atoms with Crippen LogP contribution in [0.15, 0.2) is 35.3 Å². The van der Waals surface area contributed by atoms with Gasteiger partial charge in [0.15, 0.2) is 0 Å². The average Bonchev–Trinajstić information content (AvgIpc) is 3.25. The van der Waals surface area contributed by atoms with E-state index < -0.39 is 0 Å². The number of methoxy groups -OCH3 is 1. The number of hydrogen-bond acceptors (Lipinski definition) is 4. The van der Waals surface area contributed by atoms with Crippen molar-refractivity contribution < 1.29 is 9.84 Å². The van der Waals surface area contributed by atoms with Crippen molar-refractivity contribution in [2.75, 3.05) is 7.11 Å². The second-order valence-electron chi connectivity index (χ2n) is 6.22. The van der Waals surface area contributed by atoms with Crippen LogP contribution in [-0.4, -0.2) is 26.8 Å². The number of ether oxygens (including phenoxy) is 1. The first-order valence-corrected chi connectivity index (χ1v) is 8.16. The number of hydrogen-bond donors (Lipinski definition) is 2. The molecule has 0 spiro atoms. The highest BCUT2D eigenvalue weighted by molar-refractivity contribution is 5.77.